The molecule has 0 N–H and O–H groups in total. The predicted molar refractivity (Wildman–Crippen MR) is 66.5 cm³/mol. The third kappa shape index (κ3) is 3.02. The molecule has 0 unspecified atom stereocenters. The number of hydrogen-bond donors (Lipinski definition) is 0. The molecule has 2 heterocycles. The molecular formula is C12H8Cl2N2O. The van der Waals surface area contributed by atoms with Crippen LogP contribution in [0.2, 0.25) is 10.2 Å². The molecule has 0 radical (unpaired) electrons. The van der Waals surface area contributed by atoms with Gasteiger partial charge < -0.3 is 0 Å². The van der Waals surface area contributed by atoms with Crippen LogP contribution in [-0.2, 0) is 6.42 Å². The van der Waals surface area contributed by atoms with Crippen molar-refractivity contribution < 1.29 is 4.79 Å². The molecule has 0 aromatic carbocycles. The van der Waals surface area contributed by atoms with Crippen molar-refractivity contribution in [1.82, 2.24) is 9.97 Å². The van der Waals surface area contributed by atoms with Crippen LogP contribution in [0.4, 0.5) is 0 Å². The number of Topliss-reactive ketones (excluding diaryl/α,β-unsaturated/α-hetero) is 1. The molecule has 2 rings (SSSR count). The van der Waals surface area contributed by atoms with Crippen molar-refractivity contribution in [2.75, 3.05) is 0 Å². The normalized spacial score (nSPS) is 10.2. The van der Waals surface area contributed by atoms with Crippen LogP contribution >= 0.6 is 23.2 Å². The van der Waals surface area contributed by atoms with E-state index in [1.807, 2.05) is 0 Å². The van der Waals surface area contributed by atoms with Crippen molar-refractivity contribution in [3.05, 3.63) is 58.1 Å². The number of carbonyl (C=O) groups excluding carboxylic acids is 1. The summed E-state index contributed by atoms with van der Waals surface area (Å²) >= 11 is 11.7. The molecule has 5 heteroatoms. The Labute approximate surface area is 108 Å². The minimum Gasteiger partial charge on any atom is -0.294 e. The van der Waals surface area contributed by atoms with Gasteiger partial charge in [0.2, 0.25) is 0 Å². The van der Waals surface area contributed by atoms with Crippen LogP contribution in [0.1, 0.15) is 15.9 Å². The molecule has 86 valence electrons. The number of ketones is 1. The third-order valence-electron chi connectivity index (χ3n) is 2.26. The summed E-state index contributed by atoms with van der Waals surface area (Å²) < 4.78 is 0. The lowest BCUT2D eigenvalue weighted by molar-refractivity contribution is 0.0993. The smallest absolute Gasteiger partial charge is 0.167 e. The van der Waals surface area contributed by atoms with Gasteiger partial charge in [-0.05, 0) is 23.8 Å². The first kappa shape index (κ1) is 12.0. The zero-order valence-electron chi connectivity index (χ0n) is 8.73. The van der Waals surface area contributed by atoms with Crippen LogP contribution in [-0.4, -0.2) is 15.8 Å². The van der Waals surface area contributed by atoms with E-state index in [9.17, 15) is 4.79 Å². The second-order valence-electron chi connectivity index (χ2n) is 3.43. The summed E-state index contributed by atoms with van der Waals surface area (Å²) in [5.41, 5.74) is 1.28. The minimum atomic E-state index is -0.0533. The number of rotatable bonds is 3. The van der Waals surface area contributed by atoms with Gasteiger partial charge in [-0.2, -0.15) is 0 Å². The molecule has 0 amide bonds. The van der Waals surface area contributed by atoms with Crippen molar-refractivity contribution >= 4 is 29.0 Å². The Morgan fingerprint density at radius 2 is 2.06 bits per heavy atom. The van der Waals surface area contributed by atoms with Gasteiger partial charge in [0.05, 0.1) is 5.02 Å². The monoisotopic (exact) mass is 266 g/mol. The third-order valence-corrected chi connectivity index (χ3v) is 2.80. The molecule has 0 saturated heterocycles. The summed E-state index contributed by atoms with van der Waals surface area (Å²) in [6, 6.07) is 4.89. The van der Waals surface area contributed by atoms with Crippen molar-refractivity contribution in [3.63, 3.8) is 0 Å². The van der Waals surface area contributed by atoms with Crippen molar-refractivity contribution in [2.45, 2.75) is 6.42 Å². The zero-order valence-corrected chi connectivity index (χ0v) is 10.2. The summed E-state index contributed by atoms with van der Waals surface area (Å²) in [5.74, 6) is -0.0533. The second kappa shape index (κ2) is 5.25. The van der Waals surface area contributed by atoms with Gasteiger partial charge in [0.1, 0.15) is 5.15 Å². The lowest BCUT2D eigenvalue weighted by Gasteiger charge is -2.03. The summed E-state index contributed by atoms with van der Waals surface area (Å²) in [5, 5.41) is 0.790. The van der Waals surface area contributed by atoms with Crippen molar-refractivity contribution in [2.24, 2.45) is 0 Å². The number of carbonyl (C=O) groups is 1. The predicted octanol–water partition coefficient (Wildman–Crippen LogP) is 3.21. The molecule has 0 bridgehead atoms. The fourth-order valence-electron chi connectivity index (χ4n) is 1.40. The fraction of sp³-hybridized carbons (Fsp3) is 0.0833. The maximum absolute atomic E-state index is 12.0. The Hall–Kier alpha value is -1.45. The molecular weight excluding hydrogens is 259 g/mol. The van der Waals surface area contributed by atoms with Crippen LogP contribution in [0.3, 0.4) is 0 Å². The van der Waals surface area contributed by atoms with Gasteiger partial charge in [0.25, 0.3) is 0 Å². The van der Waals surface area contributed by atoms with E-state index in [4.69, 9.17) is 23.2 Å². The second-order valence-corrected chi connectivity index (χ2v) is 4.23. The molecule has 3 nitrogen and oxygen atoms in total. The van der Waals surface area contributed by atoms with Gasteiger partial charge in [-0.25, -0.2) is 4.98 Å². The van der Waals surface area contributed by atoms with Crippen LogP contribution in [0.25, 0.3) is 0 Å². The highest BCUT2D eigenvalue weighted by molar-refractivity contribution is 6.31. The largest absolute Gasteiger partial charge is 0.294 e. The highest BCUT2D eigenvalue weighted by Gasteiger charge is 2.10. The number of aromatic nitrogens is 2. The Morgan fingerprint density at radius 3 is 2.76 bits per heavy atom. The van der Waals surface area contributed by atoms with E-state index in [1.54, 1.807) is 24.4 Å². The Bertz CT molecular complexity index is 558. The first-order valence-electron chi connectivity index (χ1n) is 4.90. The maximum Gasteiger partial charge on any atom is 0.167 e. The molecule has 0 spiro atoms. The quantitative estimate of drug-likeness (QED) is 0.633. The van der Waals surface area contributed by atoms with Gasteiger partial charge in [0.15, 0.2) is 5.78 Å². The van der Waals surface area contributed by atoms with E-state index in [2.05, 4.69) is 9.97 Å². The van der Waals surface area contributed by atoms with E-state index >= 15 is 0 Å². The number of nitrogens with zero attached hydrogens (tertiary/aromatic N) is 2. The van der Waals surface area contributed by atoms with Crippen LogP contribution in [0.5, 0.6) is 0 Å². The Morgan fingerprint density at radius 1 is 1.24 bits per heavy atom. The summed E-state index contributed by atoms with van der Waals surface area (Å²) in [4.78, 5) is 19.6. The summed E-state index contributed by atoms with van der Waals surface area (Å²) in [6.45, 7) is 0. The minimum absolute atomic E-state index is 0.0533. The molecule has 0 aliphatic heterocycles. The molecule has 0 saturated carbocycles. The topological polar surface area (TPSA) is 42.9 Å². The number of halogens is 2. The van der Waals surface area contributed by atoms with E-state index in [1.165, 1.54) is 12.4 Å². The first-order chi connectivity index (χ1) is 8.16. The van der Waals surface area contributed by atoms with Gasteiger partial charge in [-0.3, -0.25) is 9.78 Å². The van der Waals surface area contributed by atoms with Crippen molar-refractivity contribution in [1.29, 1.82) is 0 Å². The molecule has 0 aliphatic carbocycles. The summed E-state index contributed by atoms with van der Waals surface area (Å²) in [7, 11) is 0. The lowest BCUT2D eigenvalue weighted by atomic mass is 10.1. The van der Waals surface area contributed by atoms with Crippen LogP contribution < -0.4 is 0 Å². The van der Waals surface area contributed by atoms with Crippen molar-refractivity contribution in [3.8, 4) is 0 Å². The number of pyridine rings is 2. The zero-order chi connectivity index (χ0) is 12.3. The molecule has 2 aromatic heterocycles. The molecule has 0 fully saturated rings. The van der Waals surface area contributed by atoms with E-state index < -0.39 is 0 Å². The van der Waals surface area contributed by atoms with E-state index in [0.717, 1.165) is 5.56 Å². The maximum atomic E-state index is 12.0. The standard InChI is InChI=1S/C12H8Cl2N2O/c13-10-7-15-3-1-8(10)5-11(17)9-2-4-16-12(14)6-9/h1-4,6-7H,5H2. The van der Waals surface area contributed by atoms with E-state index in [-0.39, 0.29) is 12.2 Å². The lowest BCUT2D eigenvalue weighted by Crippen LogP contribution is -2.04. The highest BCUT2D eigenvalue weighted by Crippen LogP contribution is 2.17. The molecule has 2 aromatic rings. The summed E-state index contributed by atoms with van der Waals surface area (Å²) in [6.07, 6.45) is 4.85. The Kier molecular flexibility index (Phi) is 3.71. The van der Waals surface area contributed by atoms with Crippen LogP contribution in [0.15, 0.2) is 36.8 Å². The van der Waals surface area contributed by atoms with Gasteiger partial charge in [-0.15, -0.1) is 0 Å². The molecule has 17 heavy (non-hydrogen) atoms. The van der Waals surface area contributed by atoms with Gasteiger partial charge in [0, 0.05) is 30.6 Å². The fourth-order valence-corrected chi connectivity index (χ4v) is 1.76. The van der Waals surface area contributed by atoms with Crippen LogP contribution in [0, 0.1) is 0 Å². The average Bonchev–Trinajstić information content (AvgIpc) is 2.32. The van der Waals surface area contributed by atoms with E-state index in [0.29, 0.717) is 15.7 Å². The molecule has 0 aliphatic rings. The molecule has 0 atom stereocenters. The first-order valence-corrected chi connectivity index (χ1v) is 5.65. The highest BCUT2D eigenvalue weighted by atomic mass is 35.5. The number of hydrogen-bond acceptors (Lipinski definition) is 3. The Balaban J connectivity index is 2.20. The average molecular weight is 267 g/mol. The van der Waals surface area contributed by atoms with Gasteiger partial charge in [-0.1, -0.05) is 23.2 Å². The van der Waals surface area contributed by atoms with Gasteiger partial charge >= 0.3 is 0 Å². The SMILES string of the molecule is O=C(Cc1ccncc1Cl)c1ccnc(Cl)c1.